The van der Waals surface area contributed by atoms with Crippen molar-refractivity contribution in [1.29, 1.82) is 0 Å². The molecular weight excluding hydrogens is 304 g/mol. The zero-order chi connectivity index (χ0) is 16.7. The van der Waals surface area contributed by atoms with Gasteiger partial charge >= 0.3 is 17.9 Å². The Hall–Kier alpha value is -1.89. The molecule has 23 heavy (non-hydrogen) atoms. The van der Waals surface area contributed by atoms with Gasteiger partial charge in [0.25, 0.3) is 0 Å². The van der Waals surface area contributed by atoms with Gasteiger partial charge in [0.1, 0.15) is 12.2 Å². The van der Waals surface area contributed by atoms with E-state index in [-0.39, 0.29) is 24.2 Å². The molecule has 2 saturated carbocycles. The molecule has 3 aliphatic rings. The summed E-state index contributed by atoms with van der Waals surface area (Å²) in [5.41, 5.74) is 0.268. The van der Waals surface area contributed by atoms with Crippen LogP contribution in [0.3, 0.4) is 0 Å². The summed E-state index contributed by atoms with van der Waals surface area (Å²) in [6, 6.07) is 0. The van der Waals surface area contributed by atoms with Crippen LogP contribution in [-0.2, 0) is 33.3 Å². The molecule has 2 aliphatic carbocycles. The number of ether oxygens (including phenoxy) is 4. The summed E-state index contributed by atoms with van der Waals surface area (Å²) in [5, 5.41) is 0. The highest BCUT2D eigenvalue weighted by Gasteiger charge is 2.70. The van der Waals surface area contributed by atoms with Crippen molar-refractivity contribution in [3.63, 3.8) is 0 Å². The number of fused-ring (bicyclic) bond motifs is 1. The fourth-order valence-corrected chi connectivity index (χ4v) is 3.97. The van der Waals surface area contributed by atoms with E-state index in [0.717, 1.165) is 0 Å². The molecule has 6 unspecified atom stereocenters. The zero-order valence-electron chi connectivity index (χ0n) is 13.2. The molecule has 126 valence electrons. The summed E-state index contributed by atoms with van der Waals surface area (Å²) in [4.78, 5) is 36.2. The number of carbonyl (C=O) groups excluding carboxylic acids is 3. The lowest BCUT2D eigenvalue weighted by Gasteiger charge is -2.30. The molecule has 0 aromatic carbocycles. The van der Waals surface area contributed by atoms with Crippen LogP contribution in [0.4, 0.5) is 0 Å². The van der Waals surface area contributed by atoms with Crippen molar-refractivity contribution < 1.29 is 33.3 Å². The number of rotatable bonds is 6. The van der Waals surface area contributed by atoms with Gasteiger partial charge in [0.15, 0.2) is 6.79 Å². The van der Waals surface area contributed by atoms with Crippen molar-refractivity contribution in [3.8, 4) is 0 Å². The van der Waals surface area contributed by atoms with E-state index in [1.165, 1.54) is 0 Å². The van der Waals surface area contributed by atoms with Crippen molar-refractivity contribution >= 4 is 17.9 Å². The van der Waals surface area contributed by atoms with Crippen molar-refractivity contribution in [2.45, 2.75) is 32.5 Å². The minimum Gasteiger partial charge on any atom is -0.458 e. The maximum Gasteiger partial charge on any atom is 0.333 e. The van der Waals surface area contributed by atoms with Crippen LogP contribution in [0.2, 0.25) is 0 Å². The lowest BCUT2D eigenvalue weighted by atomic mass is 9.78. The monoisotopic (exact) mass is 324 g/mol. The van der Waals surface area contributed by atoms with Gasteiger partial charge in [0.2, 0.25) is 0 Å². The van der Waals surface area contributed by atoms with Gasteiger partial charge in [-0.2, -0.15) is 0 Å². The van der Waals surface area contributed by atoms with E-state index in [0.29, 0.717) is 13.0 Å². The van der Waals surface area contributed by atoms with Gasteiger partial charge in [0.05, 0.1) is 11.8 Å². The quantitative estimate of drug-likeness (QED) is 0.235. The van der Waals surface area contributed by atoms with Crippen LogP contribution in [0.25, 0.3) is 0 Å². The normalized spacial score (nSPS) is 36.7. The van der Waals surface area contributed by atoms with Gasteiger partial charge in [-0.25, -0.2) is 4.79 Å². The Bertz CT molecular complexity index is 555. The van der Waals surface area contributed by atoms with Crippen LogP contribution in [0.1, 0.15) is 20.3 Å². The molecule has 0 spiro atoms. The predicted molar refractivity (Wildman–Crippen MR) is 75.7 cm³/mol. The van der Waals surface area contributed by atoms with E-state index in [1.807, 2.05) is 0 Å². The first-order chi connectivity index (χ1) is 11.0. The molecule has 7 heteroatoms. The fourth-order valence-electron chi connectivity index (χ4n) is 3.97. The molecule has 0 amide bonds. The van der Waals surface area contributed by atoms with Gasteiger partial charge in [0, 0.05) is 24.0 Å². The van der Waals surface area contributed by atoms with Crippen LogP contribution in [0, 0.1) is 23.7 Å². The van der Waals surface area contributed by atoms with Crippen molar-refractivity contribution in [3.05, 3.63) is 12.2 Å². The van der Waals surface area contributed by atoms with Crippen molar-refractivity contribution in [1.82, 2.24) is 0 Å². The van der Waals surface area contributed by atoms with E-state index in [1.54, 1.807) is 13.8 Å². The Morgan fingerprint density at radius 2 is 2.09 bits per heavy atom. The minimum atomic E-state index is -0.644. The van der Waals surface area contributed by atoms with Crippen molar-refractivity contribution in [2.24, 2.45) is 23.7 Å². The molecule has 2 bridgehead atoms. The summed E-state index contributed by atoms with van der Waals surface area (Å²) >= 11 is 0. The molecular formula is C16H20O7. The third kappa shape index (κ3) is 2.52. The summed E-state index contributed by atoms with van der Waals surface area (Å²) in [5.74, 6) is -2.95. The first-order valence-corrected chi connectivity index (χ1v) is 7.77. The minimum absolute atomic E-state index is 0.0972. The van der Waals surface area contributed by atoms with E-state index in [9.17, 15) is 14.4 Å². The number of hydrogen-bond donors (Lipinski definition) is 0. The van der Waals surface area contributed by atoms with Gasteiger partial charge in [-0.15, -0.1) is 0 Å². The largest absolute Gasteiger partial charge is 0.458 e. The van der Waals surface area contributed by atoms with Crippen LogP contribution < -0.4 is 0 Å². The first-order valence-electron chi connectivity index (χ1n) is 7.77. The Kier molecular flexibility index (Phi) is 4.14. The molecule has 0 aromatic rings. The number of carbonyl (C=O) groups is 3. The van der Waals surface area contributed by atoms with Gasteiger partial charge in [-0.05, 0) is 20.3 Å². The smallest absolute Gasteiger partial charge is 0.333 e. The zero-order valence-corrected chi connectivity index (χ0v) is 13.2. The average molecular weight is 324 g/mol. The molecule has 1 heterocycles. The maximum atomic E-state index is 12.3. The average Bonchev–Trinajstić information content (AvgIpc) is 3.10. The predicted octanol–water partition coefficient (Wildman–Crippen LogP) is 0.819. The molecule has 7 nitrogen and oxygen atoms in total. The maximum absolute atomic E-state index is 12.3. The van der Waals surface area contributed by atoms with E-state index in [2.05, 4.69) is 6.58 Å². The summed E-state index contributed by atoms with van der Waals surface area (Å²) in [7, 11) is 0. The van der Waals surface area contributed by atoms with Crippen molar-refractivity contribution in [2.75, 3.05) is 13.4 Å². The summed E-state index contributed by atoms with van der Waals surface area (Å²) in [6.07, 6.45) is -0.461. The second-order valence-electron chi connectivity index (χ2n) is 6.24. The lowest BCUT2D eigenvalue weighted by molar-refractivity contribution is -0.170. The van der Waals surface area contributed by atoms with Crippen LogP contribution in [-0.4, -0.2) is 43.5 Å². The summed E-state index contributed by atoms with van der Waals surface area (Å²) < 4.78 is 20.9. The lowest BCUT2D eigenvalue weighted by Crippen LogP contribution is -2.43. The molecule has 0 N–H and O–H groups in total. The molecule has 1 saturated heterocycles. The van der Waals surface area contributed by atoms with E-state index < -0.39 is 42.0 Å². The third-order valence-corrected chi connectivity index (χ3v) is 4.90. The van der Waals surface area contributed by atoms with Crippen LogP contribution in [0.15, 0.2) is 12.2 Å². The Balaban J connectivity index is 1.76. The molecule has 1 aliphatic heterocycles. The van der Waals surface area contributed by atoms with E-state index in [4.69, 9.17) is 18.9 Å². The Morgan fingerprint density at radius 3 is 2.74 bits per heavy atom. The second kappa shape index (κ2) is 5.96. The number of esters is 3. The molecule has 3 rings (SSSR count). The van der Waals surface area contributed by atoms with E-state index >= 15 is 0 Å². The van der Waals surface area contributed by atoms with Crippen LogP contribution >= 0.6 is 0 Å². The van der Waals surface area contributed by atoms with Gasteiger partial charge < -0.3 is 18.9 Å². The highest BCUT2D eigenvalue weighted by Crippen LogP contribution is 2.59. The fraction of sp³-hybridized carbons (Fsp3) is 0.688. The first kappa shape index (κ1) is 16.0. The third-order valence-electron chi connectivity index (χ3n) is 4.90. The Labute approximate surface area is 133 Å². The topological polar surface area (TPSA) is 88.1 Å². The molecule has 3 fully saturated rings. The molecule has 6 atom stereocenters. The molecule has 0 aromatic heterocycles. The molecule has 0 radical (unpaired) electrons. The highest BCUT2D eigenvalue weighted by molar-refractivity contribution is 5.88. The standard InChI is InChI=1S/C16H20O7/c1-4-20-6-21-15(18)10-8-5-9-11(10)16(19)23-13(9)12(8)22-14(17)7(2)3/h8-13H,2,4-6H2,1,3H3. The van der Waals surface area contributed by atoms with Gasteiger partial charge in [-0.3, -0.25) is 9.59 Å². The Morgan fingerprint density at radius 1 is 1.35 bits per heavy atom. The van der Waals surface area contributed by atoms with Gasteiger partial charge in [-0.1, -0.05) is 6.58 Å². The van der Waals surface area contributed by atoms with Crippen LogP contribution in [0.5, 0.6) is 0 Å². The number of hydrogen-bond acceptors (Lipinski definition) is 7. The second-order valence-corrected chi connectivity index (χ2v) is 6.24. The SMILES string of the molecule is C=C(C)C(=O)OC1C2CC3C1OC(=O)C3C2C(=O)OCOCC. The highest BCUT2D eigenvalue weighted by atomic mass is 16.7. The summed E-state index contributed by atoms with van der Waals surface area (Å²) in [6.45, 7) is 7.17.